The average Bonchev–Trinajstić information content (AvgIpc) is 3.73. The van der Waals surface area contributed by atoms with Crippen LogP contribution in [0.4, 0.5) is 0 Å². The summed E-state index contributed by atoms with van der Waals surface area (Å²) in [6.45, 7) is 4.35. The van der Waals surface area contributed by atoms with Crippen LogP contribution >= 0.6 is 0 Å². The van der Waals surface area contributed by atoms with Crippen LogP contribution in [0.3, 0.4) is 0 Å². The molecule has 6 nitrogen and oxygen atoms in total. The summed E-state index contributed by atoms with van der Waals surface area (Å²) in [7, 11) is 0. The fraction of sp³-hybridized carbons (Fsp3) is 0.0541. The SMILES string of the molecule is Cc1cccc(C)c1-c1cccc2c1c1ccc(Oc3[c-]c4c(cc3)c3cccnc3n3ccnc43)[c-]c1c1nccn21.[Pt+2]. The Kier molecular flexibility index (Phi) is 6.04. The Labute approximate surface area is 266 Å². The fourth-order valence-corrected chi connectivity index (χ4v) is 6.58. The van der Waals surface area contributed by atoms with Gasteiger partial charge in [-0.2, -0.15) is 0 Å². The van der Waals surface area contributed by atoms with Gasteiger partial charge in [0.25, 0.3) is 0 Å². The second-order valence-corrected chi connectivity index (χ2v) is 10.9. The summed E-state index contributed by atoms with van der Waals surface area (Å²) in [6.07, 6.45) is 9.37. The maximum Gasteiger partial charge on any atom is 2.00 e. The number of aryl methyl sites for hydroxylation is 2. The number of imidazole rings is 2. The van der Waals surface area contributed by atoms with E-state index >= 15 is 0 Å². The van der Waals surface area contributed by atoms with Crippen molar-refractivity contribution in [3.63, 3.8) is 0 Å². The fourth-order valence-electron chi connectivity index (χ4n) is 6.58. The second kappa shape index (κ2) is 10.0. The number of nitrogens with zero attached hydrogens (tertiary/aromatic N) is 5. The normalized spacial score (nSPS) is 11.7. The zero-order valence-electron chi connectivity index (χ0n) is 23.8. The average molecular weight is 749 g/mol. The van der Waals surface area contributed by atoms with E-state index in [0.29, 0.717) is 11.5 Å². The van der Waals surface area contributed by atoms with Crippen LogP contribution in [-0.4, -0.2) is 23.8 Å². The Bertz CT molecular complexity index is 2560. The second-order valence-electron chi connectivity index (χ2n) is 10.9. The van der Waals surface area contributed by atoms with Crippen molar-refractivity contribution in [3.8, 4) is 22.6 Å². The third kappa shape index (κ3) is 3.81. The summed E-state index contributed by atoms with van der Waals surface area (Å²) in [5.74, 6) is 1.19. The molecule has 0 saturated carbocycles. The van der Waals surface area contributed by atoms with Crippen molar-refractivity contribution in [2.45, 2.75) is 13.8 Å². The zero-order valence-corrected chi connectivity index (χ0v) is 26.0. The predicted octanol–water partition coefficient (Wildman–Crippen LogP) is 8.66. The van der Waals surface area contributed by atoms with Crippen LogP contribution in [0.25, 0.3) is 65.9 Å². The van der Waals surface area contributed by atoms with Gasteiger partial charge in [-0.1, -0.05) is 82.2 Å². The van der Waals surface area contributed by atoms with Gasteiger partial charge >= 0.3 is 21.1 Å². The van der Waals surface area contributed by atoms with Crippen LogP contribution in [0.15, 0.2) is 104 Å². The van der Waals surface area contributed by atoms with Gasteiger partial charge in [0, 0.05) is 48.0 Å². The number of benzene rings is 4. The van der Waals surface area contributed by atoms with Gasteiger partial charge in [-0.3, -0.25) is 9.97 Å². The van der Waals surface area contributed by atoms with Crippen molar-refractivity contribution < 1.29 is 25.8 Å². The summed E-state index contributed by atoms with van der Waals surface area (Å²) < 4.78 is 10.6. The summed E-state index contributed by atoms with van der Waals surface area (Å²) in [5, 5.41) is 6.10. The molecule has 0 radical (unpaired) electrons. The first-order valence-electron chi connectivity index (χ1n) is 14.2. The smallest absolute Gasteiger partial charge is 0.497 e. The molecule has 0 aliphatic rings. The molecule has 0 aliphatic heterocycles. The number of pyridine rings is 3. The van der Waals surface area contributed by atoms with E-state index in [1.54, 1.807) is 12.4 Å². The van der Waals surface area contributed by atoms with Gasteiger partial charge in [-0.05, 0) is 59.0 Å². The van der Waals surface area contributed by atoms with Crippen LogP contribution in [0.2, 0.25) is 0 Å². The van der Waals surface area contributed by atoms with E-state index in [9.17, 15) is 0 Å². The van der Waals surface area contributed by atoms with Crippen molar-refractivity contribution >= 4 is 54.8 Å². The Balaban J connectivity index is 0.00000289. The summed E-state index contributed by atoms with van der Waals surface area (Å²) in [4.78, 5) is 13.9. The molecule has 212 valence electrons. The van der Waals surface area contributed by atoms with E-state index < -0.39 is 0 Å². The molecule has 0 unspecified atom stereocenters. The quantitative estimate of drug-likeness (QED) is 0.134. The Morgan fingerprint density at radius 1 is 0.591 bits per heavy atom. The number of rotatable bonds is 3. The van der Waals surface area contributed by atoms with Crippen molar-refractivity contribution in [1.29, 1.82) is 0 Å². The molecule has 0 fully saturated rings. The number of ether oxygens (including phenoxy) is 1. The molecular weight excluding hydrogens is 726 g/mol. The number of aromatic nitrogens is 5. The topological polar surface area (TPSA) is 56.7 Å². The molecule has 5 aromatic heterocycles. The van der Waals surface area contributed by atoms with Gasteiger partial charge in [0.05, 0.1) is 11.3 Å². The minimum Gasteiger partial charge on any atom is -0.497 e. The summed E-state index contributed by atoms with van der Waals surface area (Å²) in [6, 6.07) is 32.1. The minimum atomic E-state index is 0. The molecule has 0 N–H and O–H groups in total. The molecular formula is C37H23N5OPt. The maximum atomic E-state index is 6.42. The van der Waals surface area contributed by atoms with Crippen LogP contribution in [0.5, 0.6) is 11.5 Å². The van der Waals surface area contributed by atoms with Crippen LogP contribution in [0.1, 0.15) is 11.1 Å². The molecule has 44 heavy (non-hydrogen) atoms. The van der Waals surface area contributed by atoms with Crippen LogP contribution in [0, 0.1) is 26.0 Å². The molecule has 9 aromatic rings. The molecule has 5 heterocycles. The Hall–Kier alpha value is -5.06. The third-order valence-electron chi connectivity index (χ3n) is 8.41. The number of hydrogen-bond donors (Lipinski definition) is 0. The van der Waals surface area contributed by atoms with Crippen molar-refractivity contribution in [2.75, 3.05) is 0 Å². The summed E-state index contributed by atoms with van der Waals surface area (Å²) >= 11 is 0. The van der Waals surface area contributed by atoms with E-state index in [4.69, 9.17) is 9.72 Å². The van der Waals surface area contributed by atoms with Gasteiger partial charge in [-0.15, -0.1) is 12.1 Å². The predicted molar refractivity (Wildman–Crippen MR) is 171 cm³/mol. The molecule has 9 rings (SSSR count). The number of fused-ring (bicyclic) bond motifs is 12. The zero-order chi connectivity index (χ0) is 28.7. The Morgan fingerprint density at radius 3 is 2.00 bits per heavy atom. The van der Waals surface area contributed by atoms with Crippen molar-refractivity contribution in [1.82, 2.24) is 23.8 Å². The number of hydrogen-bond acceptors (Lipinski definition) is 4. The van der Waals surface area contributed by atoms with Gasteiger partial charge in [0.1, 0.15) is 5.65 Å². The summed E-state index contributed by atoms with van der Waals surface area (Å²) in [5.41, 5.74) is 8.55. The molecule has 0 bridgehead atoms. The minimum absolute atomic E-state index is 0. The van der Waals surface area contributed by atoms with Gasteiger partial charge < -0.3 is 13.5 Å². The van der Waals surface area contributed by atoms with Gasteiger partial charge in [0.15, 0.2) is 0 Å². The van der Waals surface area contributed by atoms with Gasteiger partial charge in [-0.25, -0.2) is 4.98 Å². The van der Waals surface area contributed by atoms with E-state index in [-0.39, 0.29) is 21.1 Å². The first-order valence-corrected chi connectivity index (χ1v) is 14.2. The standard InChI is InChI=1S/C37H23N5O.Pt/c1-22-6-3-7-23(2)33(22)29-8-4-10-32-34(29)27-14-12-25(21-31(27)36-39-16-18-41(32)36)43-24-11-13-26-28-9-5-15-38-35(28)42-19-17-40-37(42)30(26)20-24;/h3-19H,1-2H3;/q-2;+2. The monoisotopic (exact) mass is 748 g/mol. The van der Waals surface area contributed by atoms with Crippen molar-refractivity contribution in [2.24, 2.45) is 0 Å². The molecule has 0 amide bonds. The molecule has 0 aliphatic carbocycles. The van der Waals surface area contributed by atoms with Crippen LogP contribution < -0.4 is 4.74 Å². The molecule has 7 heteroatoms. The first-order chi connectivity index (χ1) is 21.2. The molecule has 0 spiro atoms. The Morgan fingerprint density at radius 2 is 1.23 bits per heavy atom. The van der Waals surface area contributed by atoms with Crippen molar-refractivity contribution in [3.05, 3.63) is 127 Å². The third-order valence-corrected chi connectivity index (χ3v) is 8.41. The van der Waals surface area contributed by atoms with E-state index in [0.717, 1.165) is 49.4 Å². The van der Waals surface area contributed by atoms with E-state index in [2.05, 4.69) is 94.9 Å². The first kappa shape index (κ1) is 26.6. The van der Waals surface area contributed by atoms with Gasteiger partial charge in [0.2, 0.25) is 0 Å². The maximum absolute atomic E-state index is 6.42. The molecule has 0 atom stereocenters. The van der Waals surface area contributed by atoms with Crippen LogP contribution in [-0.2, 0) is 21.1 Å². The van der Waals surface area contributed by atoms with E-state index in [1.165, 1.54) is 27.6 Å². The molecule has 4 aromatic carbocycles. The largest absolute Gasteiger partial charge is 2.00 e. The van der Waals surface area contributed by atoms with E-state index in [1.807, 2.05) is 41.2 Å². The molecule has 0 saturated heterocycles.